The van der Waals surface area contributed by atoms with Crippen LogP contribution in [0.1, 0.15) is 25.1 Å². The molecule has 0 spiro atoms. The molecule has 0 saturated carbocycles. The molecule has 5 nitrogen and oxygen atoms in total. The second-order valence-corrected chi connectivity index (χ2v) is 2.57. The van der Waals surface area contributed by atoms with Gasteiger partial charge in [0.1, 0.15) is 6.61 Å². The van der Waals surface area contributed by atoms with Gasteiger partial charge >= 0.3 is 0 Å². The third-order valence-electron chi connectivity index (χ3n) is 1.49. The average molecular weight is 186 g/mol. The normalized spacial score (nSPS) is 10.6. The van der Waals surface area contributed by atoms with E-state index in [1.165, 1.54) is 0 Å². The van der Waals surface area contributed by atoms with Crippen molar-refractivity contribution in [2.24, 2.45) is 0 Å². The molecule has 0 radical (unpaired) electrons. The predicted molar refractivity (Wildman–Crippen MR) is 45.0 cm³/mol. The summed E-state index contributed by atoms with van der Waals surface area (Å²) >= 11 is 0. The summed E-state index contributed by atoms with van der Waals surface area (Å²) in [6.07, 6.45) is 1.27. The van der Waals surface area contributed by atoms with Gasteiger partial charge in [-0.1, -0.05) is 5.16 Å². The van der Waals surface area contributed by atoms with Gasteiger partial charge in [0.25, 0.3) is 0 Å². The average Bonchev–Trinajstić information content (AvgIpc) is 2.59. The van der Waals surface area contributed by atoms with Gasteiger partial charge in [0.15, 0.2) is 5.82 Å². The second-order valence-electron chi connectivity index (χ2n) is 2.57. The van der Waals surface area contributed by atoms with Crippen LogP contribution in [0.4, 0.5) is 0 Å². The lowest BCUT2D eigenvalue weighted by atomic mass is 10.3. The molecule has 0 aromatic carbocycles. The molecule has 0 aliphatic carbocycles. The molecule has 0 aliphatic heterocycles. The van der Waals surface area contributed by atoms with Crippen LogP contribution >= 0.6 is 0 Å². The summed E-state index contributed by atoms with van der Waals surface area (Å²) in [4.78, 5) is 4.07. The van der Waals surface area contributed by atoms with Crippen molar-refractivity contribution in [2.75, 3.05) is 13.2 Å². The maximum Gasteiger partial charge on any atom is 0.226 e. The summed E-state index contributed by atoms with van der Waals surface area (Å²) < 4.78 is 10.0. The van der Waals surface area contributed by atoms with E-state index in [9.17, 15) is 0 Å². The topological polar surface area (TPSA) is 68.4 Å². The minimum absolute atomic E-state index is 0.142. The lowest BCUT2D eigenvalue weighted by Gasteiger charge is -1.92. The van der Waals surface area contributed by atoms with Crippen molar-refractivity contribution < 1.29 is 14.4 Å². The highest BCUT2D eigenvalue weighted by Gasteiger charge is 2.04. The Kier molecular flexibility index (Phi) is 4.42. The first-order chi connectivity index (χ1) is 6.36. The summed E-state index contributed by atoms with van der Waals surface area (Å²) in [6, 6.07) is 0. The monoisotopic (exact) mass is 186 g/mol. The summed E-state index contributed by atoms with van der Waals surface area (Å²) in [5, 5.41) is 12.3. The Bertz CT molecular complexity index is 215. The lowest BCUT2D eigenvalue weighted by molar-refractivity contribution is 0.126. The molecule has 1 aromatic heterocycles. The molecule has 1 heterocycles. The van der Waals surface area contributed by atoms with Crippen LogP contribution in [0.2, 0.25) is 0 Å². The molecule has 0 atom stereocenters. The fourth-order valence-electron chi connectivity index (χ4n) is 0.874. The SMILES string of the molecule is CCOCc1noc(CCCO)n1. The third kappa shape index (κ3) is 3.52. The summed E-state index contributed by atoms with van der Waals surface area (Å²) in [6.45, 7) is 3.08. The summed E-state index contributed by atoms with van der Waals surface area (Å²) in [7, 11) is 0. The number of rotatable bonds is 6. The van der Waals surface area contributed by atoms with Gasteiger partial charge in [-0.25, -0.2) is 0 Å². The van der Waals surface area contributed by atoms with E-state index in [1.807, 2.05) is 6.92 Å². The van der Waals surface area contributed by atoms with Crippen LogP contribution in [0.3, 0.4) is 0 Å². The van der Waals surface area contributed by atoms with Crippen molar-refractivity contribution >= 4 is 0 Å². The van der Waals surface area contributed by atoms with Crippen LogP contribution in [0.5, 0.6) is 0 Å². The molecular weight excluding hydrogens is 172 g/mol. The van der Waals surface area contributed by atoms with Crippen molar-refractivity contribution in [3.8, 4) is 0 Å². The number of aryl methyl sites for hydroxylation is 1. The molecule has 0 saturated heterocycles. The number of ether oxygens (including phenoxy) is 1. The van der Waals surface area contributed by atoms with Crippen molar-refractivity contribution in [1.82, 2.24) is 10.1 Å². The maximum atomic E-state index is 8.56. The number of hydrogen-bond acceptors (Lipinski definition) is 5. The zero-order chi connectivity index (χ0) is 9.52. The standard InChI is InChI=1S/C8H14N2O3/c1-2-12-6-7-9-8(13-10-7)4-3-5-11/h11H,2-6H2,1H3. The van der Waals surface area contributed by atoms with Gasteiger partial charge in [0, 0.05) is 19.6 Å². The maximum absolute atomic E-state index is 8.56. The van der Waals surface area contributed by atoms with Gasteiger partial charge in [0.05, 0.1) is 0 Å². The Morgan fingerprint density at radius 2 is 2.38 bits per heavy atom. The molecule has 0 amide bonds. The molecule has 0 fully saturated rings. The molecule has 1 rings (SSSR count). The third-order valence-corrected chi connectivity index (χ3v) is 1.49. The predicted octanol–water partition coefficient (Wildman–Crippen LogP) is 0.531. The van der Waals surface area contributed by atoms with Gasteiger partial charge in [0.2, 0.25) is 5.89 Å². The molecule has 0 aliphatic rings. The minimum atomic E-state index is 0.142. The van der Waals surface area contributed by atoms with E-state index < -0.39 is 0 Å². The van der Waals surface area contributed by atoms with Crippen molar-refractivity contribution in [3.63, 3.8) is 0 Å². The highest BCUT2D eigenvalue weighted by atomic mass is 16.5. The van der Waals surface area contributed by atoms with Crippen molar-refractivity contribution in [1.29, 1.82) is 0 Å². The van der Waals surface area contributed by atoms with Crippen LogP contribution in [-0.4, -0.2) is 28.5 Å². The molecule has 1 aromatic rings. The smallest absolute Gasteiger partial charge is 0.226 e. The van der Waals surface area contributed by atoms with Crippen LogP contribution < -0.4 is 0 Å². The Balaban J connectivity index is 2.34. The number of aliphatic hydroxyl groups excluding tert-OH is 1. The molecule has 0 unspecified atom stereocenters. The molecule has 1 N–H and O–H groups in total. The quantitative estimate of drug-likeness (QED) is 0.701. The molecule has 13 heavy (non-hydrogen) atoms. The Hall–Kier alpha value is -0.940. The van der Waals surface area contributed by atoms with E-state index >= 15 is 0 Å². The second kappa shape index (κ2) is 5.66. The highest BCUT2D eigenvalue weighted by molar-refractivity contribution is 4.84. The molecular formula is C8H14N2O3. The Morgan fingerprint density at radius 1 is 1.54 bits per heavy atom. The molecule has 0 bridgehead atoms. The molecule has 5 heteroatoms. The van der Waals surface area contributed by atoms with Crippen LogP contribution in [0, 0.1) is 0 Å². The molecule has 74 valence electrons. The van der Waals surface area contributed by atoms with Gasteiger partial charge in [-0.15, -0.1) is 0 Å². The highest BCUT2D eigenvalue weighted by Crippen LogP contribution is 2.01. The van der Waals surface area contributed by atoms with E-state index in [0.717, 1.165) is 0 Å². The summed E-state index contributed by atoms with van der Waals surface area (Å²) in [5.74, 6) is 1.12. The van der Waals surface area contributed by atoms with E-state index in [0.29, 0.717) is 37.8 Å². The number of aliphatic hydroxyl groups is 1. The van der Waals surface area contributed by atoms with Crippen LogP contribution in [0.25, 0.3) is 0 Å². The van der Waals surface area contributed by atoms with E-state index in [4.69, 9.17) is 14.4 Å². The zero-order valence-corrected chi connectivity index (χ0v) is 7.69. The fraction of sp³-hybridized carbons (Fsp3) is 0.750. The van der Waals surface area contributed by atoms with E-state index in [1.54, 1.807) is 0 Å². The Morgan fingerprint density at radius 3 is 3.08 bits per heavy atom. The fourth-order valence-corrected chi connectivity index (χ4v) is 0.874. The van der Waals surface area contributed by atoms with Crippen LogP contribution in [-0.2, 0) is 17.8 Å². The van der Waals surface area contributed by atoms with Gasteiger partial charge in [-0.2, -0.15) is 4.98 Å². The number of hydrogen-bond donors (Lipinski definition) is 1. The lowest BCUT2D eigenvalue weighted by Crippen LogP contribution is -1.94. The largest absolute Gasteiger partial charge is 0.396 e. The van der Waals surface area contributed by atoms with Crippen molar-refractivity contribution in [3.05, 3.63) is 11.7 Å². The number of nitrogens with zero attached hydrogens (tertiary/aromatic N) is 2. The Labute approximate surface area is 76.7 Å². The van der Waals surface area contributed by atoms with Crippen LogP contribution in [0.15, 0.2) is 4.52 Å². The minimum Gasteiger partial charge on any atom is -0.396 e. The summed E-state index contributed by atoms with van der Waals surface area (Å²) in [5.41, 5.74) is 0. The first-order valence-corrected chi connectivity index (χ1v) is 4.37. The number of aromatic nitrogens is 2. The van der Waals surface area contributed by atoms with Crippen molar-refractivity contribution in [2.45, 2.75) is 26.4 Å². The van der Waals surface area contributed by atoms with Gasteiger partial charge < -0.3 is 14.4 Å². The zero-order valence-electron chi connectivity index (χ0n) is 7.69. The first-order valence-electron chi connectivity index (χ1n) is 4.37. The van der Waals surface area contributed by atoms with E-state index in [-0.39, 0.29) is 6.61 Å². The van der Waals surface area contributed by atoms with Gasteiger partial charge in [-0.3, -0.25) is 0 Å². The first kappa shape index (κ1) is 10.1. The van der Waals surface area contributed by atoms with Gasteiger partial charge in [-0.05, 0) is 13.3 Å². The van der Waals surface area contributed by atoms with E-state index in [2.05, 4.69) is 10.1 Å².